The fourth-order valence-electron chi connectivity index (χ4n) is 1.80. The van der Waals surface area contributed by atoms with Crippen molar-refractivity contribution in [1.82, 2.24) is 0 Å². The fourth-order valence-corrected chi connectivity index (χ4v) is 1.98. The Kier molecular flexibility index (Phi) is 5.29. The van der Waals surface area contributed by atoms with E-state index in [9.17, 15) is 4.79 Å². The average molecular weight is 256 g/mol. The monoisotopic (exact) mass is 255 g/mol. The molecule has 1 aromatic carbocycles. The van der Waals surface area contributed by atoms with Gasteiger partial charge in [-0.15, -0.1) is 0 Å². The molecular formula is C13H18ClNO2. The Morgan fingerprint density at radius 2 is 2.24 bits per heavy atom. The second kappa shape index (κ2) is 6.50. The van der Waals surface area contributed by atoms with Crippen LogP contribution in [-0.4, -0.2) is 13.1 Å². The van der Waals surface area contributed by atoms with E-state index >= 15 is 0 Å². The molecule has 0 aromatic heterocycles. The quantitative estimate of drug-likeness (QED) is 0.648. The summed E-state index contributed by atoms with van der Waals surface area (Å²) in [6.45, 7) is 2.08. The lowest BCUT2D eigenvalue weighted by Gasteiger charge is -2.16. The number of rotatable bonds is 5. The van der Waals surface area contributed by atoms with E-state index in [0.717, 1.165) is 24.8 Å². The first-order chi connectivity index (χ1) is 8.10. The number of carbonyl (C=O) groups excluding carboxylic acids is 1. The van der Waals surface area contributed by atoms with Gasteiger partial charge in [-0.25, -0.2) is 0 Å². The number of esters is 1. The Hall–Kier alpha value is -1.22. The van der Waals surface area contributed by atoms with E-state index in [1.807, 2.05) is 0 Å². The molecule has 1 atom stereocenters. The Morgan fingerprint density at radius 3 is 2.82 bits per heavy atom. The maximum absolute atomic E-state index is 11.8. The maximum Gasteiger partial charge on any atom is 0.313 e. The van der Waals surface area contributed by atoms with Crippen LogP contribution in [0, 0.1) is 0 Å². The van der Waals surface area contributed by atoms with Crippen LogP contribution >= 0.6 is 11.6 Å². The van der Waals surface area contributed by atoms with Crippen LogP contribution in [0.5, 0.6) is 0 Å². The molecule has 0 amide bonds. The number of carbonyl (C=O) groups is 1. The Balaban J connectivity index is 3.02. The molecule has 0 heterocycles. The molecule has 0 radical (unpaired) electrons. The number of ether oxygens (including phenoxy) is 1. The molecule has 0 aliphatic heterocycles. The summed E-state index contributed by atoms with van der Waals surface area (Å²) in [5.41, 5.74) is 7.23. The van der Waals surface area contributed by atoms with Crippen molar-refractivity contribution < 1.29 is 9.53 Å². The summed E-state index contributed by atoms with van der Waals surface area (Å²) in [5, 5.41) is 0.583. The molecule has 2 N–H and O–H groups in total. The summed E-state index contributed by atoms with van der Waals surface area (Å²) in [6, 6.07) is 5.18. The zero-order valence-electron chi connectivity index (χ0n) is 10.2. The Labute approximate surface area is 107 Å². The van der Waals surface area contributed by atoms with E-state index in [4.69, 9.17) is 22.1 Å². The third kappa shape index (κ3) is 3.63. The summed E-state index contributed by atoms with van der Waals surface area (Å²) in [7, 11) is 1.39. The minimum atomic E-state index is -0.321. The number of halogens is 1. The first kappa shape index (κ1) is 13.8. The SMILES string of the molecule is CCCCC(C(=O)OC)c1cc(Cl)ccc1N. The second-order valence-electron chi connectivity index (χ2n) is 3.99. The number of unbranched alkanes of at least 4 members (excludes halogenated alkanes) is 1. The summed E-state index contributed by atoms with van der Waals surface area (Å²) in [5.74, 6) is -0.578. The van der Waals surface area contributed by atoms with Crippen LogP contribution in [0.4, 0.5) is 5.69 Å². The van der Waals surface area contributed by atoms with Gasteiger partial charge in [-0.1, -0.05) is 31.4 Å². The van der Waals surface area contributed by atoms with Crippen LogP contribution in [0.25, 0.3) is 0 Å². The molecule has 0 aliphatic rings. The van der Waals surface area contributed by atoms with Crippen LogP contribution in [-0.2, 0) is 9.53 Å². The molecule has 0 fully saturated rings. The van der Waals surface area contributed by atoms with Gasteiger partial charge in [-0.2, -0.15) is 0 Å². The second-order valence-corrected chi connectivity index (χ2v) is 4.43. The predicted octanol–water partition coefficient (Wildman–Crippen LogP) is 3.37. The zero-order chi connectivity index (χ0) is 12.8. The first-order valence-corrected chi connectivity index (χ1v) is 6.10. The summed E-state index contributed by atoms with van der Waals surface area (Å²) >= 11 is 5.94. The number of nitrogen functional groups attached to an aromatic ring is 1. The minimum Gasteiger partial charge on any atom is -0.469 e. The number of methoxy groups -OCH3 is 1. The third-order valence-corrected chi connectivity index (χ3v) is 2.99. The van der Waals surface area contributed by atoms with Crippen LogP contribution in [0.1, 0.15) is 37.7 Å². The van der Waals surface area contributed by atoms with Crippen molar-refractivity contribution in [1.29, 1.82) is 0 Å². The van der Waals surface area contributed by atoms with E-state index in [0.29, 0.717) is 10.7 Å². The molecule has 0 spiro atoms. The smallest absolute Gasteiger partial charge is 0.313 e. The largest absolute Gasteiger partial charge is 0.469 e. The molecule has 4 heteroatoms. The molecule has 0 bridgehead atoms. The number of hydrogen-bond acceptors (Lipinski definition) is 3. The number of nitrogens with two attached hydrogens (primary N) is 1. The van der Waals surface area contributed by atoms with Crippen molar-refractivity contribution in [2.24, 2.45) is 0 Å². The number of hydrogen-bond donors (Lipinski definition) is 1. The van der Waals surface area contributed by atoms with Gasteiger partial charge in [0.2, 0.25) is 0 Å². The van der Waals surface area contributed by atoms with Crippen molar-refractivity contribution in [3.63, 3.8) is 0 Å². The highest BCUT2D eigenvalue weighted by Crippen LogP contribution is 2.30. The van der Waals surface area contributed by atoms with Crippen LogP contribution in [0.15, 0.2) is 18.2 Å². The van der Waals surface area contributed by atoms with Crippen LogP contribution in [0.3, 0.4) is 0 Å². The molecule has 1 aromatic rings. The maximum atomic E-state index is 11.8. The van der Waals surface area contributed by atoms with Gasteiger partial charge in [0, 0.05) is 10.7 Å². The van der Waals surface area contributed by atoms with Crippen molar-refractivity contribution >= 4 is 23.3 Å². The summed E-state index contributed by atoms with van der Waals surface area (Å²) in [6.07, 6.45) is 2.70. The molecule has 0 saturated heterocycles. The lowest BCUT2D eigenvalue weighted by molar-refractivity contribution is -0.142. The van der Waals surface area contributed by atoms with E-state index in [2.05, 4.69) is 6.92 Å². The van der Waals surface area contributed by atoms with E-state index in [1.165, 1.54) is 7.11 Å². The minimum absolute atomic E-state index is 0.257. The van der Waals surface area contributed by atoms with Crippen LogP contribution in [0.2, 0.25) is 5.02 Å². The molecule has 94 valence electrons. The van der Waals surface area contributed by atoms with Crippen molar-refractivity contribution in [3.05, 3.63) is 28.8 Å². The van der Waals surface area contributed by atoms with E-state index < -0.39 is 0 Å². The molecule has 3 nitrogen and oxygen atoms in total. The zero-order valence-corrected chi connectivity index (χ0v) is 11.0. The van der Waals surface area contributed by atoms with Gasteiger partial charge in [0.15, 0.2) is 0 Å². The van der Waals surface area contributed by atoms with Gasteiger partial charge in [0.1, 0.15) is 0 Å². The number of benzene rings is 1. The van der Waals surface area contributed by atoms with Crippen LogP contribution < -0.4 is 5.73 Å². The van der Waals surface area contributed by atoms with Gasteiger partial charge < -0.3 is 10.5 Å². The first-order valence-electron chi connectivity index (χ1n) is 5.72. The van der Waals surface area contributed by atoms with Gasteiger partial charge in [0.05, 0.1) is 13.0 Å². The third-order valence-electron chi connectivity index (χ3n) is 2.76. The molecule has 0 aliphatic carbocycles. The highest BCUT2D eigenvalue weighted by molar-refractivity contribution is 6.30. The Bertz CT molecular complexity index is 393. The molecular weight excluding hydrogens is 238 g/mol. The lowest BCUT2D eigenvalue weighted by atomic mass is 9.92. The van der Waals surface area contributed by atoms with Crippen molar-refractivity contribution in [3.8, 4) is 0 Å². The van der Waals surface area contributed by atoms with E-state index in [-0.39, 0.29) is 11.9 Å². The predicted molar refractivity (Wildman–Crippen MR) is 70.1 cm³/mol. The standard InChI is InChI=1S/C13H18ClNO2/c1-3-4-5-10(13(16)17-2)11-8-9(14)6-7-12(11)15/h6-8,10H,3-5,15H2,1-2H3. The van der Waals surface area contributed by atoms with Crippen molar-refractivity contribution in [2.45, 2.75) is 32.1 Å². The van der Waals surface area contributed by atoms with E-state index in [1.54, 1.807) is 18.2 Å². The lowest BCUT2D eigenvalue weighted by Crippen LogP contribution is -2.16. The number of anilines is 1. The van der Waals surface area contributed by atoms with Gasteiger partial charge >= 0.3 is 5.97 Å². The normalized spacial score (nSPS) is 12.2. The molecule has 1 unspecified atom stereocenters. The summed E-state index contributed by atoms with van der Waals surface area (Å²) < 4.78 is 4.82. The summed E-state index contributed by atoms with van der Waals surface area (Å²) in [4.78, 5) is 11.8. The fraction of sp³-hybridized carbons (Fsp3) is 0.462. The highest BCUT2D eigenvalue weighted by Gasteiger charge is 2.23. The molecule has 1 rings (SSSR count). The Morgan fingerprint density at radius 1 is 1.53 bits per heavy atom. The molecule has 0 saturated carbocycles. The average Bonchev–Trinajstić information content (AvgIpc) is 2.33. The molecule has 17 heavy (non-hydrogen) atoms. The van der Waals surface area contributed by atoms with Gasteiger partial charge in [-0.05, 0) is 30.2 Å². The van der Waals surface area contributed by atoms with Crippen molar-refractivity contribution in [2.75, 3.05) is 12.8 Å². The van der Waals surface area contributed by atoms with Gasteiger partial charge in [-0.3, -0.25) is 4.79 Å². The topological polar surface area (TPSA) is 52.3 Å². The highest BCUT2D eigenvalue weighted by atomic mass is 35.5. The van der Waals surface area contributed by atoms with Gasteiger partial charge in [0.25, 0.3) is 0 Å².